The number of benzene rings is 3. The molecular formula is C32H31N3O4. The van der Waals surface area contributed by atoms with Gasteiger partial charge in [-0.25, -0.2) is 0 Å². The average molecular weight is 522 g/mol. The molecule has 39 heavy (non-hydrogen) atoms. The third kappa shape index (κ3) is 9.60. The van der Waals surface area contributed by atoms with E-state index in [-0.39, 0.29) is 12.5 Å². The third-order valence-electron chi connectivity index (χ3n) is 5.87. The van der Waals surface area contributed by atoms with Gasteiger partial charge in [-0.15, -0.1) is 0 Å². The van der Waals surface area contributed by atoms with E-state index in [0.717, 1.165) is 24.1 Å². The molecule has 7 heteroatoms. The Morgan fingerprint density at radius 1 is 0.872 bits per heavy atom. The highest BCUT2D eigenvalue weighted by Gasteiger charge is 2.18. The predicted molar refractivity (Wildman–Crippen MR) is 152 cm³/mol. The van der Waals surface area contributed by atoms with Gasteiger partial charge in [0.25, 0.3) is 5.91 Å². The highest BCUT2D eigenvalue weighted by atomic mass is 16.3. The van der Waals surface area contributed by atoms with Crippen LogP contribution in [-0.2, 0) is 16.0 Å². The maximum absolute atomic E-state index is 12.3. The van der Waals surface area contributed by atoms with Crippen LogP contribution in [0.4, 0.5) is 5.69 Å². The van der Waals surface area contributed by atoms with E-state index >= 15 is 0 Å². The van der Waals surface area contributed by atoms with Crippen LogP contribution in [-0.4, -0.2) is 41.9 Å². The minimum atomic E-state index is -0.933. The summed E-state index contributed by atoms with van der Waals surface area (Å²) < 4.78 is 0. The molecule has 0 saturated heterocycles. The highest BCUT2D eigenvalue weighted by Crippen LogP contribution is 2.11. The number of amides is 2. The number of rotatable bonds is 10. The second-order valence-electron chi connectivity index (χ2n) is 8.93. The van der Waals surface area contributed by atoms with Crippen molar-refractivity contribution in [1.82, 2.24) is 5.32 Å². The van der Waals surface area contributed by atoms with Gasteiger partial charge < -0.3 is 21.5 Å². The molecule has 1 atom stereocenters. The first-order valence-electron chi connectivity index (χ1n) is 12.6. The summed E-state index contributed by atoms with van der Waals surface area (Å²) in [4.78, 5) is 36.1. The molecule has 0 aliphatic rings. The SMILES string of the molecule is Cc1ccc(CCCC(=O)Nc2ccc(C#CC#Cc3ccc(C(=O)N[C@@H](CN)C(=O)CO)cc3)cc2)cc1. The number of nitrogens with two attached hydrogens (primary N) is 1. The minimum absolute atomic E-state index is 0.0202. The molecule has 0 aliphatic heterocycles. The summed E-state index contributed by atoms with van der Waals surface area (Å²) in [6.45, 7) is 1.27. The summed E-state index contributed by atoms with van der Waals surface area (Å²) in [5.41, 5.74) is 10.4. The molecule has 3 aromatic carbocycles. The highest BCUT2D eigenvalue weighted by molar-refractivity contribution is 5.98. The fourth-order valence-corrected chi connectivity index (χ4v) is 3.60. The molecule has 7 nitrogen and oxygen atoms in total. The Morgan fingerprint density at radius 3 is 2.03 bits per heavy atom. The van der Waals surface area contributed by atoms with E-state index in [9.17, 15) is 14.4 Å². The number of hydrogen-bond donors (Lipinski definition) is 4. The zero-order valence-electron chi connectivity index (χ0n) is 21.8. The number of carbonyl (C=O) groups excluding carboxylic acids is 3. The number of anilines is 1. The van der Waals surface area contributed by atoms with E-state index < -0.39 is 24.3 Å². The van der Waals surface area contributed by atoms with Gasteiger partial charge in [0, 0.05) is 35.3 Å². The smallest absolute Gasteiger partial charge is 0.251 e. The number of nitrogens with one attached hydrogen (secondary N) is 2. The molecule has 0 heterocycles. The van der Waals surface area contributed by atoms with Gasteiger partial charge in [0.05, 0.1) is 0 Å². The molecule has 198 valence electrons. The standard InChI is InChI=1S/C32H31N3O4/c1-23-9-11-26(12-10-23)7-4-8-31(38)34-28-19-15-25(16-20-28)6-3-2-5-24-13-17-27(18-14-24)32(39)35-29(21-33)30(37)22-36/h9-20,29,36H,4,7-8,21-22,33H2,1H3,(H,34,38)(H,35,39)/t29-/m0/s1. The van der Waals surface area contributed by atoms with E-state index in [1.54, 1.807) is 24.3 Å². The van der Waals surface area contributed by atoms with E-state index in [0.29, 0.717) is 17.5 Å². The molecule has 2 amide bonds. The predicted octanol–water partition coefficient (Wildman–Crippen LogP) is 2.98. The number of aliphatic hydroxyl groups excluding tert-OH is 1. The Balaban J connectivity index is 1.46. The van der Waals surface area contributed by atoms with Gasteiger partial charge >= 0.3 is 0 Å². The van der Waals surface area contributed by atoms with Gasteiger partial charge in [-0.3, -0.25) is 14.4 Å². The van der Waals surface area contributed by atoms with Gasteiger partial charge in [0.1, 0.15) is 12.6 Å². The van der Waals surface area contributed by atoms with Gasteiger partial charge in [0.2, 0.25) is 5.91 Å². The number of ketones is 1. The first kappa shape index (κ1) is 28.9. The normalized spacial score (nSPS) is 10.7. The van der Waals surface area contributed by atoms with Crippen molar-refractivity contribution < 1.29 is 19.5 Å². The zero-order chi connectivity index (χ0) is 28.0. The van der Waals surface area contributed by atoms with Gasteiger partial charge in [-0.2, -0.15) is 0 Å². The van der Waals surface area contributed by atoms with Crippen molar-refractivity contribution in [2.24, 2.45) is 5.73 Å². The summed E-state index contributed by atoms with van der Waals surface area (Å²) in [6, 6.07) is 21.2. The third-order valence-corrected chi connectivity index (χ3v) is 5.87. The molecule has 0 saturated carbocycles. The summed E-state index contributed by atoms with van der Waals surface area (Å²) in [7, 11) is 0. The quantitative estimate of drug-likeness (QED) is 0.306. The van der Waals surface area contributed by atoms with Crippen LogP contribution < -0.4 is 16.4 Å². The van der Waals surface area contributed by atoms with E-state index in [1.807, 2.05) is 24.3 Å². The van der Waals surface area contributed by atoms with Crippen LogP contribution in [0.25, 0.3) is 0 Å². The lowest BCUT2D eigenvalue weighted by Crippen LogP contribution is -2.46. The van der Waals surface area contributed by atoms with Crippen molar-refractivity contribution in [1.29, 1.82) is 0 Å². The molecule has 3 rings (SSSR count). The van der Waals surface area contributed by atoms with Crippen LogP contribution >= 0.6 is 0 Å². The largest absolute Gasteiger partial charge is 0.388 e. The number of hydrogen-bond acceptors (Lipinski definition) is 5. The Bertz CT molecular complexity index is 1410. The monoisotopic (exact) mass is 521 g/mol. The van der Waals surface area contributed by atoms with Crippen molar-refractivity contribution in [2.45, 2.75) is 32.2 Å². The second kappa shape index (κ2) is 14.9. The first-order valence-corrected chi connectivity index (χ1v) is 12.6. The average Bonchev–Trinajstić information content (AvgIpc) is 2.95. The molecule has 0 spiro atoms. The maximum atomic E-state index is 12.3. The molecule has 0 radical (unpaired) electrons. The number of Topliss-reactive ketones (excluding diaryl/α,β-unsaturated/α-hetero) is 1. The fraction of sp³-hybridized carbons (Fsp3) is 0.219. The molecule has 0 aliphatic carbocycles. The van der Waals surface area contributed by atoms with Crippen LogP contribution in [0.2, 0.25) is 0 Å². The van der Waals surface area contributed by atoms with Crippen LogP contribution in [0.5, 0.6) is 0 Å². The number of aliphatic hydroxyl groups is 1. The maximum Gasteiger partial charge on any atom is 0.251 e. The Kier molecular flexibility index (Phi) is 11.0. The lowest BCUT2D eigenvalue weighted by atomic mass is 10.1. The molecule has 0 unspecified atom stereocenters. The molecule has 0 bridgehead atoms. The first-order chi connectivity index (χ1) is 18.9. The molecule has 5 N–H and O–H groups in total. The fourth-order valence-electron chi connectivity index (χ4n) is 3.60. The molecule has 0 aromatic heterocycles. The van der Waals surface area contributed by atoms with Crippen molar-refractivity contribution in [3.05, 3.63) is 101 Å². The molecule has 0 fully saturated rings. The summed E-state index contributed by atoms with van der Waals surface area (Å²) in [6.07, 6.45) is 2.10. The summed E-state index contributed by atoms with van der Waals surface area (Å²) >= 11 is 0. The van der Waals surface area contributed by atoms with E-state index in [2.05, 4.69) is 65.5 Å². The van der Waals surface area contributed by atoms with E-state index in [4.69, 9.17) is 10.8 Å². The lowest BCUT2D eigenvalue weighted by molar-refractivity contribution is -0.123. The van der Waals surface area contributed by atoms with Gasteiger partial charge in [-0.1, -0.05) is 41.7 Å². The van der Waals surface area contributed by atoms with Crippen LogP contribution in [0.1, 0.15) is 45.5 Å². The summed E-state index contributed by atoms with van der Waals surface area (Å²) in [5.74, 6) is 10.4. The van der Waals surface area contributed by atoms with Crippen molar-refractivity contribution >= 4 is 23.3 Å². The Morgan fingerprint density at radius 2 is 1.46 bits per heavy atom. The Hall–Kier alpha value is -4.69. The molecule has 3 aromatic rings. The topological polar surface area (TPSA) is 122 Å². The molecular weight excluding hydrogens is 490 g/mol. The van der Waals surface area contributed by atoms with Gasteiger partial charge in [0.15, 0.2) is 5.78 Å². The lowest BCUT2D eigenvalue weighted by Gasteiger charge is -2.14. The second-order valence-corrected chi connectivity index (χ2v) is 8.93. The van der Waals surface area contributed by atoms with Crippen LogP contribution in [0.3, 0.4) is 0 Å². The van der Waals surface area contributed by atoms with Crippen LogP contribution in [0.15, 0.2) is 72.8 Å². The van der Waals surface area contributed by atoms with Gasteiger partial charge in [-0.05, 0) is 85.7 Å². The Labute approximate surface area is 228 Å². The van der Waals surface area contributed by atoms with E-state index in [1.165, 1.54) is 11.1 Å². The van der Waals surface area contributed by atoms with Crippen molar-refractivity contribution in [3.63, 3.8) is 0 Å². The number of carbonyl (C=O) groups is 3. The van der Waals surface area contributed by atoms with Crippen molar-refractivity contribution in [3.8, 4) is 23.7 Å². The zero-order valence-corrected chi connectivity index (χ0v) is 21.8. The minimum Gasteiger partial charge on any atom is -0.388 e. The number of aryl methyl sites for hydroxylation is 2. The van der Waals surface area contributed by atoms with Crippen LogP contribution in [0, 0.1) is 30.6 Å². The summed E-state index contributed by atoms with van der Waals surface area (Å²) in [5, 5.41) is 14.3. The van der Waals surface area contributed by atoms with Crippen molar-refractivity contribution in [2.75, 3.05) is 18.5 Å².